The number of aromatic carboxylic acids is 1. The molecule has 0 saturated heterocycles. The average molecular weight is 445 g/mol. The van der Waals surface area contributed by atoms with E-state index in [0.717, 1.165) is 16.0 Å². The SMILES string of the molecule is CC1(C)CC(OC(=O)c2cccnc2)Sc2ccc(C#Cc3ccc(C(=O)O)cn3)cc21. The third kappa shape index (κ3) is 4.82. The average Bonchev–Trinajstić information content (AvgIpc) is 2.78. The van der Waals surface area contributed by atoms with Crippen LogP contribution in [0.5, 0.6) is 0 Å². The molecule has 32 heavy (non-hydrogen) atoms. The van der Waals surface area contributed by atoms with Crippen LogP contribution in [0.25, 0.3) is 0 Å². The first-order valence-corrected chi connectivity index (χ1v) is 10.8. The van der Waals surface area contributed by atoms with Crippen molar-refractivity contribution in [3.63, 3.8) is 0 Å². The van der Waals surface area contributed by atoms with E-state index < -0.39 is 5.97 Å². The van der Waals surface area contributed by atoms with Gasteiger partial charge in [-0.2, -0.15) is 0 Å². The van der Waals surface area contributed by atoms with Crippen LogP contribution in [0.1, 0.15) is 57.8 Å². The molecule has 0 radical (unpaired) electrons. The maximum Gasteiger partial charge on any atom is 0.340 e. The highest BCUT2D eigenvalue weighted by Crippen LogP contribution is 2.46. The molecule has 0 saturated carbocycles. The molecule has 0 spiro atoms. The van der Waals surface area contributed by atoms with Gasteiger partial charge in [0.15, 0.2) is 5.44 Å². The molecule has 1 aliphatic heterocycles. The van der Waals surface area contributed by atoms with Crippen LogP contribution in [0.15, 0.2) is 66.0 Å². The van der Waals surface area contributed by atoms with E-state index in [4.69, 9.17) is 9.84 Å². The third-order valence-corrected chi connectivity index (χ3v) is 6.26. The Balaban J connectivity index is 1.52. The van der Waals surface area contributed by atoms with E-state index in [1.807, 2.05) is 12.1 Å². The first-order chi connectivity index (χ1) is 15.3. The Bertz CT molecular complexity index is 1230. The molecule has 4 rings (SSSR count). The van der Waals surface area contributed by atoms with Crippen molar-refractivity contribution in [2.45, 2.75) is 36.0 Å². The molecule has 2 aromatic heterocycles. The molecular weight excluding hydrogens is 424 g/mol. The standard InChI is InChI=1S/C25H20N2O4S/c1-25(2)13-22(31-24(30)18-4-3-11-26-14-18)32-21-10-6-16(12-20(21)25)5-8-19-9-7-17(15-27-19)23(28)29/h3-4,6-7,9-12,14-15,22H,13H2,1-2H3,(H,28,29). The van der Waals surface area contributed by atoms with Gasteiger partial charge in [0.1, 0.15) is 5.69 Å². The number of carbonyl (C=O) groups is 2. The lowest BCUT2D eigenvalue weighted by molar-refractivity contribution is 0.0415. The van der Waals surface area contributed by atoms with Gasteiger partial charge in [-0.05, 0) is 59.4 Å². The lowest BCUT2D eigenvalue weighted by atomic mass is 9.80. The van der Waals surface area contributed by atoms with E-state index in [-0.39, 0.29) is 22.4 Å². The van der Waals surface area contributed by atoms with Crippen LogP contribution in [0.4, 0.5) is 0 Å². The monoisotopic (exact) mass is 444 g/mol. The molecule has 6 nitrogen and oxygen atoms in total. The molecule has 1 aromatic carbocycles. The number of fused-ring (bicyclic) bond motifs is 1. The number of hydrogen-bond acceptors (Lipinski definition) is 6. The van der Waals surface area contributed by atoms with Crippen molar-refractivity contribution in [2.75, 3.05) is 0 Å². The maximum atomic E-state index is 12.4. The zero-order valence-corrected chi connectivity index (χ0v) is 18.3. The molecule has 3 aromatic rings. The van der Waals surface area contributed by atoms with Gasteiger partial charge >= 0.3 is 11.9 Å². The summed E-state index contributed by atoms with van der Waals surface area (Å²) < 4.78 is 5.74. The van der Waals surface area contributed by atoms with E-state index in [0.29, 0.717) is 17.7 Å². The van der Waals surface area contributed by atoms with Gasteiger partial charge < -0.3 is 9.84 Å². The summed E-state index contributed by atoms with van der Waals surface area (Å²) in [6.07, 6.45) is 5.09. The Hall–Kier alpha value is -3.63. The molecule has 7 heteroatoms. The Morgan fingerprint density at radius 2 is 1.97 bits per heavy atom. The molecule has 3 heterocycles. The number of benzene rings is 1. The summed E-state index contributed by atoms with van der Waals surface area (Å²) in [5.74, 6) is 4.69. The summed E-state index contributed by atoms with van der Waals surface area (Å²) in [4.78, 5) is 32.5. The normalized spacial score (nSPS) is 16.2. The fraction of sp³-hybridized carbons (Fsp3) is 0.200. The summed E-state index contributed by atoms with van der Waals surface area (Å²) in [6.45, 7) is 4.25. The highest BCUT2D eigenvalue weighted by Gasteiger charge is 2.35. The van der Waals surface area contributed by atoms with Crippen molar-refractivity contribution in [1.82, 2.24) is 9.97 Å². The van der Waals surface area contributed by atoms with E-state index in [2.05, 4.69) is 41.7 Å². The molecule has 1 unspecified atom stereocenters. The van der Waals surface area contributed by atoms with Gasteiger partial charge in [0.25, 0.3) is 0 Å². The van der Waals surface area contributed by atoms with Gasteiger partial charge in [-0.15, -0.1) is 0 Å². The van der Waals surface area contributed by atoms with E-state index in [1.54, 1.807) is 24.4 Å². The number of carbonyl (C=O) groups excluding carboxylic acids is 1. The van der Waals surface area contributed by atoms with Crippen LogP contribution < -0.4 is 0 Å². The second-order valence-corrected chi connectivity index (χ2v) is 9.18. The third-order valence-electron chi connectivity index (χ3n) is 5.13. The van der Waals surface area contributed by atoms with Crippen molar-refractivity contribution in [3.05, 3.63) is 89.0 Å². The van der Waals surface area contributed by atoms with E-state index >= 15 is 0 Å². The molecule has 0 fully saturated rings. The van der Waals surface area contributed by atoms with E-state index in [9.17, 15) is 9.59 Å². The van der Waals surface area contributed by atoms with Crippen LogP contribution in [-0.4, -0.2) is 32.4 Å². The zero-order valence-electron chi connectivity index (χ0n) is 17.5. The molecule has 1 N–H and O–H groups in total. The quantitative estimate of drug-likeness (QED) is 0.469. The Morgan fingerprint density at radius 3 is 2.66 bits per heavy atom. The molecule has 1 atom stereocenters. The van der Waals surface area contributed by atoms with Gasteiger partial charge in [0.2, 0.25) is 0 Å². The number of thioether (sulfide) groups is 1. The van der Waals surface area contributed by atoms with Crippen LogP contribution in [0.3, 0.4) is 0 Å². The second kappa shape index (κ2) is 8.85. The van der Waals surface area contributed by atoms with Gasteiger partial charge in [0, 0.05) is 35.5 Å². The number of carboxylic acids is 1. The lowest BCUT2D eigenvalue weighted by Crippen LogP contribution is -2.31. The first-order valence-electron chi connectivity index (χ1n) is 9.95. The van der Waals surface area contributed by atoms with Crippen molar-refractivity contribution in [2.24, 2.45) is 0 Å². The number of ether oxygens (including phenoxy) is 1. The molecule has 160 valence electrons. The first kappa shape index (κ1) is 21.6. The molecule has 0 bridgehead atoms. The van der Waals surface area contributed by atoms with E-state index in [1.165, 1.54) is 30.2 Å². The van der Waals surface area contributed by atoms with Crippen LogP contribution >= 0.6 is 11.8 Å². The number of carboxylic acid groups (broad SMARTS) is 1. The highest BCUT2D eigenvalue weighted by molar-refractivity contribution is 7.99. The fourth-order valence-electron chi connectivity index (χ4n) is 3.42. The minimum atomic E-state index is -1.02. The molecule has 0 aliphatic carbocycles. The van der Waals surface area contributed by atoms with Gasteiger partial charge in [-0.25, -0.2) is 14.6 Å². The summed E-state index contributed by atoms with van der Waals surface area (Å²) in [7, 11) is 0. The predicted octanol–water partition coefficient (Wildman–Crippen LogP) is 4.53. The number of esters is 1. The molecular formula is C25H20N2O4S. The van der Waals surface area contributed by atoms with Crippen LogP contribution in [0.2, 0.25) is 0 Å². The Labute approximate surface area is 190 Å². The van der Waals surface area contributed by atoms with Gasteiger partial charge in [-0.1, -0.05) is 31.5 Å². The van der Waals surface area contributed by atoms with Crippen LogP contribution in [-0.2, 0) is 10.2 Å². The smallest absolute Gasteiger partial charge is 0.340 e. The number of nitrogens with zero attached hydrogens (tertiary/aromatic N) is 2. The minimum Gasteiger partial charge on any atom is -0.478 e. The minimum absolute atomic E-state index is 0.127. The second-order valence-electron chi connectivity index (χ2n) is 7.98. The van der Waals surface area contributed by atoms with Crippen molar-refractivity contribution in [1.29, 1.82) is 0 Å². The number of pyridine rings is 2. The summed E-state index contributed by atoms with van der Waals surface area (Å²) in [5, 5.41) is 8.96. The Kier molecular flexibility index (Phi) is 5.97. The summed E-state index contributed by atoms with van der Waals surface area (Å²) >= 11 is 1.53. The highest BCUT2D eigenvalue weighted by atomic mass is 32.2. The number of aromatic nitrogens is 2. The fourth-order valence-corrected chi connectivity index (χ4v) is 4.94. The number of rotatable bonds is 3. The van der Waals surface area contributed by atoms with Crippen molar-refractivity contribution < 1.29 is 19.4 Å². The molecule has 0 amide bonds. The summed E-state index contributed by atoms with van der Waals surface area (Å²) in [6, 6.07) is 12.5. The number of hydrogen-bond donors (Lipinski definition) is 1. The zero-order chi connectivity index (χ0) is 22.7. The van der Waals surface area contributed by atoms with Crippen LogP contribution in [0, 0.1) is 11.8 Å². The Morgan fingerprint density at radius 1 is 1.12 bits per heavy atom. The molecule has 1 aliphatic rings. The van der Waals surface area contributed by atoms with Gasteiger partial charge in [0.05, 0.1) is 11.1 Å². The summed E-state index contributed by atoms with van der Waals surface area (Å²) in [5.41, 5.74) is 2.56. The van der Waals surface area contributed by atoms with Crippen molar-refractivity contribution >= 4 is 23.7 Å². The maximum absolute atomic E-state index is 12.4. The predicted molar refractivity (Wildman–Crippen MR) is 121 cm³/mol. The lowest BCUT2D eigenvalue weighted by Gasteiger charge is -2.36. The topological polar surface area (TPSA) is 89.4 Å². The van der Waals surface area contributed by atoms with Crippen molar-refractivity contribution in [3.8, 4) is 11.8 Å². The van der Waals surface area contributed by atoms with Gasteiger partial charge in [-0.3, -0.25) is 4.98 Å². The largest absolute Gasteiger partial charge is 0.478 e.